The van der Waals surface area contributed by atoms with Gasteiger partial charge in [0.25, 0.3) is 5.56 Å². The van der Waals surface area contributed by atoms with Crippen LogP contribution in [0, 0.1) is 0 Å². The average Bonchev–Trinajstić information content (AvgIpc) is 2.70. The van der Waals surface area contributed by atoms with E-state index in [1.807, 2.05) is 36.1 Å². The molecule has 7 nitrogen and oxygen atoms in total. The Hall–Kier alpha value is -2.67. The zero-order valence-electron chi connectivity index (χ0n) is 15.9. The molecule has 7 heteroatoms. The second-order valence-corrected chi connectivity index (χ2v) is 6.52. The number of carbonyl (C=O) groups excluding carboxylic acids is 1. The van der Waals surface area contributed by atoms with Gasteiger partial charge in [0.05, 0.1) is 13.2 Å². The molecule has 0 saturated carbocycles. The number of morpholine rings is 1. The van der Waals surface area contributed by atoms with Gasteiger partial charge in [0.1, 0.15) is 6.54 Å². The Morgan fingerprint density at radius 3 is 2.48 bits per heavy atom. The van der Waals surface area contributed by atoms with Crippen LogP contribution in [0.2, 0.25) is 0 Å². The summed E-state index contributed by atoms with van der Waals surface area (Å²) in [5.74, 6) is 0.293. The summed E-state index contributed by atoms with van der Waals surface area (Å²) in [4.78, 5) is 31.8. The number of aryl methyl sites for hydroxylation is 2. The highest BCUT2D eigenvalue weighted by atomic mass is 16.5. The van der Waals surface area contributed by atoms with Crippen LogP contribution in [0.4, 0.5) is 11.6 Å². The minimum absolute atomic E-state index is 0.0714. The highest BCUT2D eigenvalue weighted by Crippen LogP contribution is 2.14. The highest BCUT2D eigenvalue weighted by Gasteiger charge is 2.19. The molecule has 1 aliphatic heterocycles. The lowest BCUT2D eigenvalue weighted by molar-refractivity contribution is -0.116. The Kier molecular flexibility index (Phi) is 6.24. The van der Waals surface area contributed by atoms with Gasteiger partial charge in [0.2, 0.25) is 11.9 Å². The van der Waals surface area contributed by atoms with Gasteiger partial charge in [-0.1, -0.05) is 26.0 Å². The topological polar surface area (TPSA) is 76.5 Å². The quantitative estimate of drug-likeness (QED) is 0.840. The SMILES string of the molecule is CCc1ccc(NC(=O)Cn2c(N3CCOCC3)nc(CC)cc2=O)cc1. The van der Waals surface area contributed by atoms with Gasteiger partial charge in [0, 0.05) is 30.5 Å². The van der Waals surface area contributed by atoms with Crippen molar-refractivity contribution in [3.05, 3.63) is 51.9 Å². The first-order valence-electron chi connectivity index (χ1n) is 9.43. The van der Waals surface area contributed by atoms with Crippen molar-refractivity contribution in [3.63, 3.8) is 0 Å². The molecule has 2 aromatic rings. The van der Waals surface area contributed by atoms with E-state index in [1.54, 1.807) is 0 Å². The molecule has 1 saturated heterocycles. The number of amides is 1. The van der Waals surface area contributed by atoms with E-state index in [1.165, 1.54) is 16.2 Å². The first-order valence-corrected chi connectivity index (χ1v) is 9.43. The number of rotatable bonds is 6. The van der Waals surface area contributed by atoms with Crippen molar-refractivity contribution >= 4 is 17.5 Å². The van der Waals surface area contributed by atoms with Gasteiger partial charge in [-0.25, -0.2) is 4.98 Å². The number of nitrogens with zero attached hydrogens (tertiary/aromatic N) is 3. The number of nitrogens with one attached hydrogen (secondary N) is 1. The minimum Gasteiger partial charge on any atom is -0.378 e. The molecule has 0 atom stereocenters. The highest BCUT2D eigenvalue weighted by molar-refractivity contribution is 5.90. The predicted molar refractivity (Wildman–Crippen MR) is 105 cm³/mol. The summed E-state index contributed by atoms with van der Waals surface area (Å²) in [6.45, 7) is 6.45. The first kappa shape index (κ1) is 19.1. The van der Waals surface area contributed by atoms with Gasteiger partial charge in [-0.05, 0) is 30.5 Å². The van der Waals surface area contributed by atoms with Crippen molar-refractivity contribution in [2.75, 3.05) is 36.5 Å². The number of aromatic nitrogens is 2. The fraction of sp³-hybridized carbons (Fsp3) is 0.450. The Balaban J connectivity index is 1.81. The van der Waals surface area contributed by atoms with Crippen LogP contribution in [0.3, 0.4) is 0 Å². The Morgan fingerprint density at radius 2 is 1.85 bits per heavy atom. The van der Waals surface area contributed by atoms with E-state index in [0.29, 0.717) is 38.7 Å². The number of hydrogen-bond donors (Lipinski definition) is 1. The van der Waals surface area contributed by atoms with Crippen LogP contribution in [-0.2, 0) is 28.9 Å². The van der Waals surface area contributed by atoms with E-state index in [4.69, 9.17) is 4.74 Å². The Morgan fingerprint density at radius 1 is 1.15 bits per heavy atom. The van der Waals surface area contributed by atoms with Gasteiger partial charge in [-0.3, -0.25) is 14.2 Å². The van der Waals surface area contributed by atoms with Gasteiger partial charge >= 0.3 is 0 Å². The molecular formula is C20H26N4O3. The van der Waals surface area contributed by atoms with Crippen LogP contribution in [0.1, 0.15) is 25.1 Å². The number of hydrogen-bond acceptors (Lipinski definition) is 5. The van der Waals surface area contributed by atoms with Crippen molar-refractivity contribution < 1.29 is 9.53 Å². The van der Waals surface area contributed by atoms with Crippen molar-refractivity contribution in [3.8, 4) is 0 Å². The molecule has 1 amide bonds. The van der Waals surface area contributed by atoms with E-state index >= 15 is 0 Å². The summed E-state index contributed by atoms with van der Waals surface area (Å²) in [5, 5.41) is 2.86. The fourth-order valence-electron chi connectivity index (χ4n) is 3.04. The number of ether oxygens (including phenoxy) is 1. The molecular weight excluding hydrogens is 344 g/mol. The molecule has 1 aromatic heterocycles. The van der Waals surface area contributed by atoms with Crippen molar-refractivity contribution in [2.45, 2.75) is 33.2 Å². The van der Waals surface area contributed by atoms with E-state index < -0.39 is 0 Å². The molecule has 0 spiro atoms. The lowest BCUT2D eigenvalue weighted by Gasteiger charge is -2.29. The molecule has 144 valence electrons. The molecule has 27 heavy (non-hydrogen) atoms. The normalized spacial score (nSPS) is 14.2. The smallest absolute Gasteiger partial charge is 0.255 e. The molecule has 1 fully saturated rings. The van der Waals surface area contributed by atoms with Crippen molar-refractivity contribution in [1.29, 1.82) is 0 Å². The van der Waals surface area contributed by atoms with E-state index in [-0.39, 0.29) is 18.0 Å². The van der Waals surface area contributed by atoms with Gasteiger partial charge in [0.15, 0.2) is 0 Å². The van der Waals surface area contributed by atoms with Crippen molar-refractivity contribution in [1.82, 2.24) is 9.55 Å². The summed E-state index contributed by atoms with van der Waals surface area (Å²) in [6, 6.07) is 9.23. The van der Waals surface area contributed by atoms with Gasteiger partial charge in [-0.15, -0.1) is 0 Å². The molecule has 2 heterocycles. The zero-order valence-corrected chi connectivity index (χ0v) is 15.9. The number of carbonyl (C=O) groups is 1. The zero-order chi connectivity index (χ0) is 19.2. The Bertz CT molecular complexity index is 839. The maximum atomic E-state index is 12.6. The van der Waals surface area contributed by atoms with Crippen molar-refractivity contribution in [2.24, 2.45) is 0 Å². The molecule has 0 aliphatic carbocycles. The second kappa shape index (κ2) is 8.81. The van der Waals surface area contributed by atoms with Crippen LogP contribution in [-0.4, -0.2) is 41.8 Å². The summed E-state index contributed by atoms with van der Waals surface area (Å²) in [5.41, 5.74) is 2.45. The van der Waals surface area contributed by atoms with Crippen LogP contribution in [0.25, 0.3) is 0 Å². The molecule has 0 bridgehead atoms. The van der Waals surface area contributed by atoms with E-state index in [0.717, 1.165) is 17.8 Å². The first-order chi connectivity index (χ1) is 13.1. The van der Waals surface area contributed by atoms with Crippen LogP contribution in [0.5, 0.6) is 0 Å². The molecule has 0 radical (unpaired) electrons. The molecule has 1 aliphatic rings. The second-order valence-electron chi connectivity index (χ2n) is 6.52. The summed E-state index contributed by atoms with van der Waals surface area (Å²) in [7, 11) is 0. The lowest BCUT2D eigenvalue weighted by atomic mass is 10.1. The van der Waals surface area contributed by atoms with Crippen LogP contribution in [0.15, 0.2) is 35.1 Å². The Labute approximate surface area is 159 Å². The molecule has 1 N–H and O–H groups in total. The largest absolute Gasteiger partial charge is 0.378 e. The number of anilines is 2. The third-order valence-corrected chi connectivity index (χ3v) is 4.64. The summed E-state index contributed by atoms with van der Waals surface area (Å²) in [6.07, 6.45) is 1.62. The maximum absolute atomic E-state index is 12.6. The van der Waals surface area contributed by atoms with Crippen LogP contribution >= 0.6 is 0 Å². The predicted octanol–water partition coefficient (Wildman–Crippen LogP) is 1.84. The number of benzene rings is 1. The monoisotopic (exact) mass is 370 g/mol. The fourth-order valence-corrected chi connectivity index (χ4v) is 3.04. The van der Waals surface area contributed by atoms with E-state index in [9.17, 15) is 9.59 Å². The van der Waals surface area contributed by atoms with Crippen LogP contribution < -0.4 is 15.8 Å². The summed E-state index contributed by atoms with van der Waals surface area (Å²) < 4.78 is 6.84. The third kappa shape index (κ3) is 4.74. The standard InChI is InChI=1S/C20H26N4O3/c1-3-15-5-7-17(8-6-15)21-18(25)14-24-19(26)13-16(4-2)22-20(24)23-9-11-27-12-10-23/h5-8,13H,3-4,9-12,14H2,1-2H3,(H,21,25). The van der Waals surface area contributed by atoms with E-state index in [2.05, 4.69) is 17.2 Å². The average molecular weight is 370 g/mol. The third-order valence-electron chi connectivity index (χ3n) is 4.64. The lowest BCUT2D eigenvalue weighted by Crippen LogP contribution is -2.42. The maximum Gasteiger partial charge on any atom is 0.255 e. The molecule has 0 unspecified atom stereocenters. The van der Waals surface area contributed by atoms with Gasteiger partial charge in [-0.2, -0.15) is 0 Å². The van der Waals surface area contributed by atoms with Gasteiger partial charge < -0.3 is 15.0 Å². The molecule has 1 aromatic carbocycles. The summed E-state index contributed by atoms with van der Waals surface area (Å²) >= 11 is 0. The molecule has 3 rings (SSSR count). The minimum atomic E-state index is -0.248.